The first-order valence-corrected chi connectivity index (χ1v) is 7.16. The smallest absolute Gasteiger partial charge is 0.263 e. The molecule has 0 aromatic carbocycles. The van der Waals surface area contributed by atoms with Crippen molar-refractivity contribution >= 4 is 17.2 Å². The maximum atomic E-state index is 12.4. The number of amides is 1. The van der Waals surface area contributed by atoms with Gasteiger partial charge in [-0.2, -0.15) is 0 Å². The van der Waals surface area contributed by atoms with Gasteiger partial charge in [-0.1, -0.05) is 0 Å². The molecule has 1 amide bonds. The van der Waals surface area contributed by atoms with Gasteiger partial charge in [0.15, 0.2) is 0 Å². The van der Waals surface area contributed by atoms with Crippen molar-refractivity contribution in [3.05, 3.63) is 21.9 Å². The SMILES string of the molecule is Cc1ccc(C(=O)N2CCC3CCC(C2)N3)s1. The van der Waals surface area contributed by atoms with E-state index in [2.05, 4.69) is 5.32 Å². The highest BCUT2D eigenvalue weighted by Gasteiger charge is 2.31. The lowest BCUT2D eigenvalue weighted by Crippen LogP contribution is -2.38. The lowest BCUT2D eigenvalue weighted by molar-refractivity contribution is 0.0753. The van der Waals surface area contributed by atoms with Gasteiger partial charge in [-0.05, 0) is 38.3 Å². The Labute approximate surface area is 106 Å². The van der Waals surface area contributed by atoms with Crippen LogP contribution in [-0.2, 0) is 0 Å². The Kier molecular flexibility index (Phi) is 2.92. The average molecular weight is 250 g/mol. The van der Waals surface area contributed by atoms with Crippen LogP contribution in [0.25, 0.3) is 0 Å². The molecule has 0 saturated carbocycles. The maximum Gasteiger partial charge on any atom is 0.263 e. The Morgan fingerprint density at radius 3 is 2.94 bits per heavy atom. The average Bonchev–Trinajstić information content (AvgIpc) is 2.84. The first kappa shape index (κ1) is 11.2. The number of hydrogen-bond donors (Lipinski definition) is 1. The molecular weight excluding hydrogens is 232 g/mol. The maximum absolute atomic E-state index is 12.4. The fraction of sp³-hybridized carbons (Fsp3) is 0.615. The molecule has 2 fully saturated rings. The summed E-state index contributed by atoms with van der Waals surface area (Å²) in [4.78, 5) is 16.5. The van der Waals surface area contributed by atoms with Gasteiger partial charge in [0.25, 0.3) is 5.91 Å². The van der Waals surface area contributed by atoms with Crippen molar-refractivity contribution in [3.8, 4) is 0 Å². The molecular formula is C13H18N2OS. The predicted octanol–water partition coefficient (Wildman–Crippen LogP) is 2.02. The summed E-state index contributed by atoms with van der Waals surface area (Å²) in [5, 5.41) is 3.60. The van der Waals surface area contributed by atoms with Gasteiger partial charge in [-0.3, -0.25) is 4.79 Å². The second-order valence-electron chi connectivity index (χ2n) is 5.09. The lowest BCUT2D eigenvalue weighted by Gasteiger charge is -2.23. The third kappa shape index (κ3) is 2.24. The predicted molar refractivity (Wildman–Crippen MR) is 69.5 cm³/mol. The van der Waals surface area contributed by atoms with Crippen LogP contribution in [0.3, 0.4) is 0 Å². The molecule has 4 heteroatoms. The van der Waals surface area contributed by atoms with Crippen LogP contribution >= 0.6 is 11.3 Å². The number of likely N-dealkylation sites (tertiary alicyclic amines) is 1. The minimum atomic E-state index is 0.220. The molecule has 0 radical (unpaired) electrons. The fourth-order valence-corrected chi connectivity index (χ4v) is 3.67. The molecule has 92 valence electrons. The highest BCUT2D eigenvalue weighted by Crippen LogP contribution is 2.23. The molecule has 2 saturated heterocycles. The zero-order valence-corrected chi connectivity index (χ0v) is 10.9. The Balaban J connectivity index is 1.73. The van der Waals surface area contributed by atoms with E-state index in [1.165, 1.54) is 17.7 Å². The van der Waals surface area contributed by atoms with Gasteiger partial charge < -0.3 is 10.2 Å². The summed E-state index contributed by atoms with van der Waals surface area (Å²) in [5.41, 5.74) is 0. The van der Waals surface area contributed by atoms with E-state index >= 15 is 0 Å². The van der Waals surface area contributed by atoms with Gasteiger partial charge in [0.2, 0.25) is 0 Å². The normalized spacial score (nSPS) is 28.2. The summed E-state index contributed by atoms with van der Waals surface area (Å²) in [6, 6.07) is 5.15. The van der Waals surface area contributed by atoms with Crippen LogP contribution in [0.4, 0.5) is 0 Å². The van der Waals surface area contributed by atoms with Crippen LogP contribution in [-0.4, -0.2) is 36.0 Å². The van der Waals surface area contributed by atoms with Crippen LogP contribution in [0.5, 0.6) is 0 Å². The van der Waals surface area contributed by atoms with Gasteiger partial charge >= 0.3 is 0 Å². The van der Waals surface area contributed by atoms with Gasteiger partial charge in [0.05, 0.1) is 4.88 Å². The second kappa shape index (κ2) is 4.42. The molecule has 17 heavy (non-hydrogen) atoms. The zero-order valence-electron chi connectivity index (χ0n) is 10.1. The van der Waals surface area contributed by atoms with Gasteiger partial charge in [-0.15, -0.1) is 11.3 Å². The molecule has 0 spiro atoms. The monoisotopic (exact) mass is 250 g/mol. The molecule has 3 nitrogen and oxygen atoms in total. The summed E-state index contributed by atoms with van der Waals surface area (Å²) in [6.45, 7) is 3.84. The third-order valence-electron chi connectivity index (χ3n) is 3.76. The van der Waals surface area contributed by atoms with E-state index in [4.69, 9.17) is 0 Å². The van der Waals surface area contributed by atoms with Gasteiger partial charge in [0.1, 0.15) is 0 Å². The molecule has 1 N–H and O–H groups in total. The molecule has 0 aliphatic carbocycles. The Hall–Kier alpha value is -0.870. The number of hydrogen-bond acceptors (Lipinski definition) is 3. The van der Waals surface area contributed by atoms with Crippen molar-refractivity contribution in [3.63, 3.8) is 0 Å². The van der Waals surface area contributed by atoms with Crippen molar-refractivity contribution in [1.82, 2.24) is 10.2 Å². The summed E-state index contributed by atoms with van der Waals surface area (Å²) in [7, 11) is 0. The van der Waals surface area contributed by atoms with Crippen LogP contribution in [0, 0.1) is 6.92 Å². The number of thiophene rings is 1. The van der Waals surface area contributed by atoms with E-state index in [0.717, 1.165) is 24.4 Å². The topological polar surface area (TPSA) is 32.3 Å². The molecule has 3 heterocycles. The van der Waals surface area contributed by atoms with Crippen molar-refractivity contribution in [1.29, 1.82) is 0 Å². The molecule has 2 bridgehead atoms. The molecule has 1 aromatic heterocycles. The number of carbonyl (C=O) groups excluding carboxylic acids is 1. The number of nitrogens with one attached hydrogen (secondary N) is 1. The second-order valence-corrected chi connectivity index (χ2v) is 6.38. The number of rotatable bonds is 1. The highest BCUT2D eigenvalue weighted by atomic mass is 32.1. The van der Waals surface area contributed by atoms with Crippen LogP contribution in [0.1, 0.15) is 33.8 Å². The molecule has 1 aromatic rings. The summed E-state index contributed by atoms with van der Waals surface area (Å²) < 4.78 is 0. The van der Waals surface area contributed by atoms with Crippen molar-refractivity contribution in [2.24, 2.45) is 0 Å². The lowest BCUT2D eigenvalue weighted by atomic mass is 10.1. The minimum absolute atomic E-state index is 0.220. The number of aryl methyl sites for hydroxylation is 1. The zero-order chi connectivity index (χ0) is 11.8. The molecule has 2 atom stereocenters. The molecule has 2 unspecified atom stereocenters. The summed E-state index contributed by atoms with van der Waals surface area (Å²) in [5.74, 6) is 0.220. The Morgan fingerprint density at radius 1 is 1.35 bits per heavy atom. The standard InChI is InChI=1S/C13H18N2OS/c1-9-2-5-12(17-9)13(16)15-7-6-10-3-4-11(8-15)14-10/h2,5,10-11,14H,3-4,6-8H2,1H3. The highest BCUT2D eigenvalue weighted by molar-refractivity contribution is 7.13. The molecule has 3 rings (SSSR count). The summed E-state index contributed by atoms with van der Waals surface area (Å²) >= 11 is 1.60. The van der Waals surface area contributed by atoms with E-state index in [-0.39, 0.29) is 5.91 Å². The van der Waals surface area contributed by atoms with Crippen LogP contribution in [0.15, 0.2) is 12.1 Å². The van der Waals surface area contributed by atoms with Crippen molar-refractivity contribution in [2.75, 3.05) is 13.1 Å². The molecule has 2 aliphatic heterocycles. The van der Waals surface area contributed by atoms with Crippen molar-refractivity contribution in [2.45, 2.75) is 38.3 Å². The Bertz CT molecular complexity index is 429. The van der Waals surface area contributed by atoms with Crippen LogP contribution < -0.4 is 5.32 Å². The van der Waals surface area contributed by atoms with E-state index < -0.39 is 0 Å². The van der Waals surface area contributed by atoms with Gasteiger partial charge in [0, 0.05) is 30.1 Å². The number of carbonyl (C=O) groups is 1. The van der Waals surface area contributed by atoms with Crippen LogP contribution in [0.2, 0.25) is 0 Å². The first-order chi connectivity index (χ1) is 8.22. The van der Waals surface area contributed by atoms with E-state index in [0.29, 0.717) is 12.1 Å². The largest absolute Gasteiger partial charge is 0.336 e. The van der Waals surface area contributed by atoms with Gasteiger partial charge in [-0.25, -0.2) is 0 Å². The number of nitrogens with zero attached hydrogens (tertiary/aromatic N) is 1. The quantitative estimate of drug-likeness (QED) is 0.827. The van der Waals surface area contributed by atoms with E-state index in [1.807, 2.05) is 24.0 Å². The number of fused-ring (bicyclic) bond motifs is 2. The van der Waals surface area contributed by atoms with E-state index in [1.54, 1.807) is 11.3 Å². The summed E-state index contributed by atoms with van der Waals surface area (Å²) in [6.07, 6.45) is 3.61. The third-order valence-corrected chi connectivity index (χ3v) is 4.75. The first-order valence-electron chi connectivity index (χ1n) is 6.34. The minimum Gasteiger partial charge on any atom is -0.336 e. The Morgan fingerprint density at radius 2 is 2.18 bits per heavy atom. The molecule has 2 aliphatic rings. The van der Waals surface area contributed by atoms with Crippen molar-refractivity contribution < 1.29 is 4.79 Å². The van der Waals surface area contributed by atoms with E-state index in [9.17, 15) is 4.79 Å². The fourth-order valence-electron chi connectivity index (χ4n) is 2.83.